The molecule has 0 bridgehead atoms. The van der Waals surface area contributed by atoms with Gasteiger partial charge in [0.2, 0.25) is 0 Å². The molecule has 0 aliphatic heterocycles. The number of ether oxygens (including phenoxy) is 2. The largest absolute Gasteiger partial charge is 0.494 e. The Labute approximate surface area is 154 Å². The van der Waals surface area contributed by atoms with Crippen molar-refractivity contribution in [2.75, 3.05) is 13.2 Å². The molecular weight excluding hydrogens is 328 g/mol. The third kappa shape index (κ3) is 6.47. The third-order valence-corrected chi connectivity index (χ3v) is 3.95. The van der Waals surface area contributed by atoms with Crippen molar-refractivity contribution in [3.63, 3.8) is 0 Å². The van der Waals surface area contributed by atoms with Crippen LogP contribution < -0.4 is 31.8 Å². The van der Waals surface area contributed by atoms with Gasteiger partial charge in [-0.2, -0.15) is 0 Å². The lowest BCUT2D eigenvalue weighted by molar-refractivity contribution is -0.115. The topological polar surface area (TPSA) is 122 Å². The van der Waals surface area contributed by atoms with E-state index in [1.54, 1.807) is 0 Å². The first-order valence-electron chi connectivity index (χ1n) is 8.78. The molecule has 6 nitrogen and oxygen atoms in total. The normalized spacial score (nSPS) is 10.3. The summed E-state index contributed by atoms with van der Waals surface area (Å²) in [4.78, 5) is 0. The summed E-state index contributed by atoms with van der Waals surface area (Å²) in [5, 5.41) is 11.1. The lowest BCUT2D eigenvalue weighted by Gasteiger charge is -2.08. The molecule has 2 rings (SSSR count). The van der Waals surface area contributed by atoms with E-state index in [4.69, 9.17) is 31.8 Å². The smallest absolute Gasteiger partial charge is 0.270 e. The van der Waals surface area contributed by atoms with Crippen molar-refractivity contribution in [2.45, 2.75) is 25.7 Å². The monoisotopic (exact) mass is 356 g/mol. The fourth-order valence-corrected chi connectivity index (χ4v) is 2.42. The second-order valence-corrected chi connectivity index (χ2v) is 6.07. The lowest BCUT2D eigenvalue weighted by Crippen LogP contribution is -2.46. The molecule has 0 atom stereocenters. The second-order valence-electron chi connectivity index (χ2n) is 6.07. The Morgan fingerprint density at radius 3 is 1.27 bits per heavy atom. The van der Waals surface area contributed by atoms with E-state index >= 15 is 0 Å². The van der Waals surface area contributed by atoms with Gasteiger partial charge in [-0.25, -0.2) is 0 Å². The highest BCUT2D eigenvalue weighted by Gasteiger charge is 2.02. The maximum Gasteiger partial charge on any atom is 0.270 e. The molecule has 138 valence electrons. The zero-order chi connectivity index (χ0) is 18.8. The first-order valence-corrected chi connectivity index (χ1v) is 8.78. The van der Waals surface area contributed by atoms with Crippen LogP contribution in [0.15, 0.2) is 48.5 Å². The van der Waals surface area contributed by atoms with E-state index in [1.807, 2.05) is 48.5 Å². The average Bonchev–Trinajstić information content (AvgIpc) is 2.64. The van der Waals surface area contributed by atoms with Crippen LogP contribution in [0.4, 0.5) is 0 Å². The van der Waals surface area contributed by atoms with Gasteiger partial charge < -0.3 is 9.47 Å². The first-order chi connectivity index (χ1) is 12.6. The number of rotatable bonds is 11. The van der Waals surface area contributed by atoms with Crippen LogP contribution in [-0.4, -0.2) is 24.9 Å². The molecule has 0 aliphatic carbocycles. The van der Waals surface area contributed by atoms with Crippen molar-refractivity contribution in [1.82, 2.24) is 0 Å². The van der Waals surface area contributed by atoms with Crippen molar-refractivity contribution < 1.29 is 20.3 Å². The van der Waals surface area contributed by atoms with E-state index in [1.165, 1.54) is 0 Å². The summed E-state index contributed by atoms with van der Waals surface area (Å²) in [5.74, 6) is 2.29. The molecule has 6 heteroatoms. The fraction of sp³-hybridized carbons (Fsp3) is 0.300. The lowest BCUT2D eigenvalue weighted by atomic mass is 10.2. The molecule has 0 unspecified atom stereocenters. The summed E-state index contributed by atoms with van der Waals surface area (Å²) in [5.41, 5.74) is 12.7. The molecule has 2 aromatic rings. The molecule has 0 fully saturated rings. The number of hydrogen-bond acceptors (Lipinski definition) is 2. The Hall–Kier alpha value is -3.02. The molecular formula is C20H28N4O2+2. The zero-order valence-electron chi connectivity index (χ0n) is 15.0. The zero-order valence-corrected chi connectivity index (χ0v) is 15.0. The summed E-state index contributed by atoms with van der Waals surface area (Å²) in [6.07, 6.45) is 4.21. The second kappa shape index (κ2) is 10.1. The summed E-state index contributed by atoms with van der Waals surface area (Å²) in [7, 11) is 0. The van der Waals surface area contributed by atoms with E-state index < -0.39 is 0 Å². The molecule has 0 radical (unpaired) electrons. The van der Waals surface area contributed by atoms with Crippen molar-refractivity contribution >= 4 is 11.7 Å². The van der Waals surface area contributed by atoms with Gasteiger partial charge in [-0.1, -0.05) is 0 Å². The maximum absolute atomic E-state index is 5.70. The highest BCUT2D eigenvalue weighted by Crippen LogP contribution is 2.14. The van der Waals surface area contributed by atoms with E-state index in [9.17, 15) is 0 Å². The van der Waals surface area contributed by atoms with Crippen LogP contribution >= 0.6 is 0 Å². The van der Waals surface area contributed by atoms with Crippen molar-refractivity contribution in [2.24, 2.45) is 11.5 Å². The molecule has 0 saturated carbocycles. The van der Waals surface area contributed by atoms with Crippen LogP contribution in [-0.2, 0) is 0 Å². The molecule has 0 saturated heterocycles. The Morgan fingerprint density at radius 1 is 0.615 bits per heavy atom. The highest BCUT2D eigenvalue weighted by molar-refractivity contribution is 5.93. The van der Waals surface area contributed by atoms with Gasteiger partial charge in [-0.05, 0) is 74.2 Å². The summed E-state index contributed by atoms with van der Waals surface area (Å²) in [6.45, 7) is 1.39. The van der Waals surface area contributed by atoms with Gasteiger partial charge in [0.15, 0.2) is 0 Å². The first kappa shape index (κ1) is 19.3. The predicted octanol–water partition coefficient (Wildman–Crippen LogP) is -0.366. The van der Waals surface area contributed by atoms with Crippen molar-refractivity contribution in [3.05, 3.63) is 59.7 Å². The minimum absolute atomic E-state index is 0.316. The number of benzene rings is 2. The molecule has 0 aliphatic rings. The van der Waals surface area contributed by atoms with E-state index in [2.05, 4.69) is 0 Å². The Kier molecular flexibility index (Phi) is 7.49. The standard InChI is InChI=1S/C20H26N4O2/c21-19(22)15-5-9-17(10-6-15)25-13-3-1-2-4-14-26-18-11-7-16(8-12-18)20(23)24/h5-12H,1-4,13-14H2,(H3,21,22)(H3,23,24)/p+2. The van der Waals surface area contributed by atoms with Gasteiger partial charge in [0.05, 0.1) is 24.3 Å². The van der Waals surface area contributed by atoms with E-state index in [0.717, 1.165) is 48.3 Å². The van der Waals surface area contributed by atoms with Crippen molar-refractivity contribution in [3.8, 4) is 11.5 Å². The average molecular weight is 356 g/mol. The molecule has 26 heavy (non-hydrogen) atoms. The predicted molar refractivity (Wildman–Crippen MR) is 103 cm³/mol. The highest BCUT2D eigenvalue weighted by atomic mass is 16.5. The number of unbranched alkanes of at least 4 members (excludes halogenated alkanes) is 3. The van der Waals surface area contributed by atoms with Crippen LogP contribution in [0.1, 0.15) is 36.8 Å². The molecule has 2 aromatic carbocycles. The van der Waals surface area contributed by atoms with Crippen LogP contribution in [0.25, 0.3) is 0 Å². The Morgan fingerprint density at radius 2 is 0.962 bits per heavy atom. The van der Waals surface area contributed by atoms with Gasteiger partial charge in [0, 0.05) is 0 Å². The Balaban J connectivity index is 1.52. The molecule has 0 amide bonds. The fourth-order valence-electron chi connectivity index (χ4n) is 2.42. The van der Waals surface area contributed by atoms with Gasteiger partial charge in [0.25, 0.3) is 11.7 Å². The van der Waals surface area contributed by atoms with Crippen molar-refractivity contribution in [1.29, 1.82) is 0 Å². The molecule has 8 N–H and O–H groups in total. The molecule has 0 spiro atoms. The molecule has 0 aromatic heterocycles. The summed E-state index contributed by atoms with van der Waals surface area (Å²) >= 11 is 0. The maximum atomic E-state index is 5.70. The Bertz CT molecular complexity index is 648. The summed E-state index contributed by atoms with van der Waals surface area (Å²) < 4.78 is 11.4. The third-order valence-electron chi connectivity index (χ3n) is 3.95. The van der Waals surface area contributed by atoms with Gasteiger partial charge >= 0.3 is 0 Å². The minimum Gasteiger partial charge on any atom is -0.494 e. The van der Waals surface area contributed by atoms with Gasteiger partial charge in [-0.3, -0.25) is 22.3 Å². The van der Waals surface area contributed by atoms with E-state index in [0.29, 0.717) is 24.9 Å². The van der Waals surface area contributed by atoms with Crippen LogP contribution in [0.2, 0.25) is 0 Å². The molecule has 0 heterocycles. The van der Waals surface area contributed by atoms with Crippen LogP contribution in [0.5, 0.6) is 11.5 Å². The van der Waals surface area contributed by atoms with E-state index in [-0.39, 0.29) is 0 Å². The SMILES string of the molecule is NC(=[NH2+])c1ccc(OCCCCCCOc2ccc(C(N)=[NH2+])cc2)cc1. The number of nitrogens with two attached hydrogens (primary N) is 4. The van der Waals surface area contributed by atoms with Crippen LogP contribution in [0.3, 0.4) is 0 Å². The number of amidine groups is 2. The van der Waals surface area contributed by atoms with Crippen LogP contribution in [0, 0.1) is 0 Å². The van der Waals surface area contributed by atoms with Gasteiger partial charge in [-0.15, -0.1) is 0 Å². The quantitative estimate of drug-likeness (QED) is 0.249. The minimum atomic E-state index is 0.316. The summed E-state index contributed by atoms with van der Waals surface area (Å²) in [6, 6.07) is 14.9. The number of hydrogen-bond donors (Lipinski definition) is 4. The van der Waals surface area contributed by atoms with Gasteiger partial charge in [0.1, 0.15) is 11.5 Å².